The average Bonchev–Trinajstić information content (AvgIpc) is 2.45. The maximum atomic E-state index is 12.7. The summed E-state index contributed by atoms with van der Waals surface area (Å²) in [6, 6.07) is 15.0. The van der Waals surface area contributed by atoms with Gasteiger partial charge in [0, 0.05) is 5.69 Å². The summed E-state index contributed by atoms with van der Waals surface area (Å²) in [5.41, 5.74) is 0.911. The van der Waals surface area contributed by atoms with Crippen LogP contribution in [0.1, 0.15) is 30.5 Å². The number of anilines is 1. The molecule has 1 nitrogen and oxygen atoms in total. The Hall–Kier alpha value is -1.97. The topological polar surface area (TPSA) is 12.0 Å². The van der Waals surface area contributed by atoms with Gasteiger partial charge in [-0.15, -0.1) is 0 Å². The smallest absolute Gasteiger partial charge is 0.378 e. The first kappa shape index (κ1) is 14.4. The molecule has 0 bridgehead atoms. The second-order valence-corrected chi connectivity index (χ2v) is 4.59. The third-order valence-electron chi connectivity index (χ3n) is 3.14. The minimum absolute atomic E-state index is 0.000293. The van der Waals surface area contributed by atoms with Crippen molar-refractivity contribution in [2.45, 2.75) is 25.6 Å². The molecule has 0 aliphatic rings. The quantitative estimate of drug-likeness (QED) is 0.804. The van der Waals surface area contributed by atoms with Crippen molar-refractivity contribution in [3.05, 3.63) is 65.7 Å². The highest BCUT2D eigenvalue weighted by molar-refractivity contribution is 5.48. The highest BCUT2D eigenvalue weighted by atomic mass is 19.4. The molecular formula is C16H16F3N. The minimum atomic E-state index is -4.31. The van der Waals surface area contributed by atoms with Gasteiger partial charge in [0.25, 0.3) is 0 Å². The maximum Gasteiger partial charge on any atom is 0.416 e. The molecule has 0 aromatic heterocycles. The molecule has 4 heteroatoms. The van der Waals surface area contributed by atoms with Crippen molar-refractivity contribution in [1.29, 1.82) is 0 Å². The van der Waals surface area contributed by atoms with Crippen molar-refractivity contribution in [2.24, 2.45) is 0 Å². The van der Waals surface area contributed by atoms with Crippen LogP contribution in [0.5, 0.6) is 0 Å². The van der Waals surface area contributed by atoms with Crippen molar-refractivity contribution in [1.82, 2.24) is 0 Å². The molecule has 1 atom stereocenters. The summed E-state index contributed by atoms with van der Waals surface area (Å²) >= 11 is 0. The Morgan fingerprint density at radius 3 is 2.30 bits per heavy atom. The van der Waals surface area contributed by atoms with Gasteiger partial charge >= 0.3 is 6.18 Å². The Morgan fingerprint density at radius 1 is 1.00 bits per heavy atom. The van der Waals surface area contributed by atoms with Crippen LogP contribution in [-0.2, 0) is 6.18 Å². The van der Waals surface area contributed by atoms with Gasteiger partial charge in [-0.2, -0.15) is 13.2 Å². The molecule has 0 amide bonds. The Kier molecular flexibility index (Phi) is 4.32. The Bertz CT molecular complexity index is 549. The molecule has 20 heavy (non-hydrogen) atoms. The summed E-state index contributed by atoms with van der Waals surface area (Å²) in [7, 11) is 0. The molecule has 0 aliphatic heterocycles. The molecule has 1 N–H and O–H groups in total. The molecule has 0 heterocycles. The molecule has 0 saturated heterocycles. The lowest BCUT2D eigenvalue weighted by molar-refractivity contribution is -0.137. The zero-order chi connectivity index (χ0) is 14.6. The van der Waals surface area contributed by atoms with Crippen LogP contribution >= 0.6 is 0 Å². The van der Waals surface area contributed by atoms with Crippen molar-refractivity contribution < 1.29 is 13.2 Å². The highest BCUT2D eigenvalue weighted by Crippen LogP contribution is 2.31. The third kappa shape index (κ3) is 3.53. The SMILES string of the molecule is CCC(Nc1cccc(C(F)(F)F)c1)c1ccccc1. The lowest BCUT2D eigenvalue weighted by Crippen LogP contribution is -2.11. The summed E-state index contributed by atoms with van der Waals surface area (Å²) in [4.78, 5) is 0. The van der Waals surface area contributed by atoms with E-state index in [0.29, 0.717) is 5.69 Å². The van der Waals surface area contributed by atoms with Crippen LogP contribution in [0.2, 0.25) is 0 Å². The number of nitrogens with one attached hydrogen (secondary N) is 1. The van der Waals surface area contributed by atoms with Crippen LogP contribution in [0.15, 0.2) is 54.6 Å². The van der Waals surface area contributed by atoms with Crippen LogP contribution < -0.4 is 5.32 Å². The fourth-order valence-electron chi connectivity index (χ4n) is 2.09. The molecule has 2 rings (SSSR count). The van der Waals surface area contributed by atoms with E-state index in [1.54, 1.807) is 6.07 Å². The summed E-state index contributed by atoms with van der Waals surface area (Å²) in [5, 5.41) is 3.16. The van der Waals surface area contributed by atoms with E-state index < -0.39 is 11.7 Å². The monoisotopic (exact) mass is 279 g/mol. The summed E-state index contributed by atoms with van der Waals surface area (Å²) in [6.07, 6.45) is -3.52. The summed E-state index contributed by atoms with van der Waals surface area (Å²) < 4.78 is 38.0. The van der Waals surface area contributed by atoms with Crippen LogP contribution in [0.25, 0.3) is 0 Å². The van der Waals surface area contributed by atoms with Gasteiger partial charge in [0.2, 0.25) is 0 Å². The van der Waals surface area contributed by atoms with Crippen LogP contribution in [0.3, 0.4) is 0 Å². The number of hydrogen-bond acceptors (Lipinski definition) is 1. The van der Waals surface area contributed by atoms with Crippen molar-refractivity contribution >= 4 is 5.69 Å². The van der Waals surface area contributed by atoms with Crippen molar-refractivity contribution in [3.63, 3.8) is 0 Å². The van der Waals surface area contributed by atoms with Gasteiger partial charge in [-0.05, 0) is 30.2 Å². The predicted molar refractivity (Wildman–Crippen MR) is 74.5 cm³/mol. The number of alkyl halides is 3. The van der Waals surface area contributed by atoms with E-state index in [1.807, 2.05) is 37.3 Å². The average molecular weight is 279 g/mol. The van der Waals surface area contributed by atoms with Crippen molar-refractivity contribution in [2.75, 3.05) is 5.32 Å². The van der Waals surface area contributed by atoms with Gasteiger partial charge in [-0.3, -0.25) is 0 Å². The van der Waals surface area contributed by atoms with Gasteiger partial charge in [-0.1, -0.05) is 43.3 Å². The van der Waals surface area contributed by atoms with E-state index >= 15 is 0 Å². The maximum absolute atomic E-state index is 12.7. The molecule has 0 saturated carbocycles. The molecular weight excluding hydrogens is 263 g/mol. The van der Waals surface area contributed by atoms with Gasteiger partial charge in [0.15, 0.2) is 0 Å². The fourth-order valence-corrected chi connectivity index (χ4v) is 2.09. The van der Waals surface area contributed by atoms with E-state index in [0.717, 1.165) is 24.1 Å². The number of halogens is 3. The first-order chi connectivity index (χ1) is 9.50. The Morgan fingerprint density at radius 2 is 1.70 bits per heavy atom. The van der Waals surface area contributed by atoms with Crippen LogP contribution in [0.4, 0.5) is 18.9 Å². The van der Waals surface area contributed by atoms with E-state index in [2.05, 4.69) is 5.32 Å². The Labute approximate surface area is 116 Å². The number of benzene rings is 2. The molecule has 0 fully saturated rings. The number of hydrogen-bond donors (Lipinski definition) is 1. The second kappa shape index (κ2) is 5.99. The van der Waals surface area contributed by atoms with Gasteiger partial charge in [0.05, 0.1) is 11.6 Å². The standard InChI is InChI=1S/C16H16F3N/c1-2-15(12-7-4-3-5-8-12)20-14-10-6-9-13(11-14)16(17,18)19/h3-11,15,20H,2H2,1H3. The fraction of sp³-hybridized carbons (Fsp3) is 0.250. The van der Waals surface area contributed by atoms with Crippen molar-refractivity contribution in [3.8, 4) is 0 Å². The molecule has 0 aliphatic carbocycles. The lowest BCUT2D eigenvalue weighted by atomic mass is 10.0. The first-order valence-corrected chi connectivity index (χ1v) is 6.49. The Balaban J connectivity index is 2.20. The third-order valence-corrected chi connectivity index (χ3v) is 3.14. The van der Waals surface area contributed by atoms with E-state index in [-0.39, 0.29) is 6.04 Å². The predicted octanol–water partition coefficient (Wildman–Crippen LogP) is 5.27. The second-order valence-electron chi connectivity index (χ2n) is 4.59. The molecule has 106 valence electrons. The number of rotatable bonds is 4. The molecule has 1 unspecified atom stereocenters. The minimum Gasteiger partial charge on any atom is -0.378 e. The molecule has 0 spiro atoms. The van der Waals surface area contributed by atoms with Gasteiger partial charge in [0.1, 0.15) is 0 Å². The molecule has 0 radical (unpaired) electrons. The summed E-state index contributed by atoms with van der Waals surface area (Å²) in [6.45, 7) is 2.00. The lowest BCUT2D eigenvalue weighted by Gasteiger charge is -2.19. The van der Waals surface area contributed by atoms with Gasteiger partial charge < -0.3 is 5.32 Å². The highest BCUT2D eigenvalue weighted by Gasteiger charge is 2.30. The summed E-state index contributed by atoms with van der Waals surface area (Å²) in [5.74, 6) is 0. The van der Waals surface area contributed by atoms with E-state index in [1.165, 1.54) is 6.07 Å². The normalized spacial score (nSPS) is 13.0. The zero-order valence-corrected chi connectivity index (χ0v) is 11.1. The van der Waals surface area contributed by atoms with Gasteiger partial charge in [-0.25, -0.2) is 0 Å². The van der Waals surface area contributed by atoms with E-state index in [9.17, 15) is 13.2 Å². The molecule has 2 aromatic rings. The van der Waals surface area contributed by atoms with Crippen LogP contribution in [0, 0.1) is 0 Å². The first-order valence-electron chi connectivity index (χ1n) is 6.49. The van der Waals surface area contributed by atoms with Crippen LogP contribution in [-0.4, -0.2) is 0 Å². The van der Waals surface area contributed by atoms with E-state index in [4.69, 9.17) is 0 Å². The largest absolute Gasteiger partial charge is 0.416 e. The molecule has 2 aromatic carbocycles. The zero-order valence-electron chi connectivity index (χ0n) is 11.1.